The van der Waals surface area contributed by atoms with Crippen LogP contribution in [0.4, 0.5) is 0 Å². The molecule has 0 aliphatic carbocycles. The Morgan fingerprint density at radius 2 is 0.519 bits per heavy atom. The first-order valence-corrected chi connectivity index (χ1v) is 29.0. The van der Waals surface area contributed by atoms with Gasteiger partial charge in [-0.15, -0.1) is 0 Å². The molecular weight excluding hydrogens is 1020 g/mol. The van der Waals surface area contributed by atoms with Crippen LogP contribution >= 0.6 is 0 Å². The van der Waals surface area contributed by atoms with Gasteiger partial charge in [0.05, 0.1) is 0 Å². The first kappa shape index (κ1) is 44.4. The summed E-state index contributed by atoms with van der Waals surface area (Å²) in [5.74, 6) is 0. The first-order chi connectivity index (χ1) is 39.3. The molecule has 3 heterocycles. The Balaban J connectivity index is 0.920. The van der Waals surface area contributed by atoms with Crippen molar-refractivity contribution in [1.29, 1.82) is 0 Å². The molecule has 0 radical (unpaired) electrons. The van der Waals surface area contributed by atoms with E-state index in [0.717, 1.165) is 11.4 Å². The van der Waals surface area contributed by atoms with Crippen molar-refractivity contribution in [1.82, 2.24) is 9.13 Å². The molecule has 0 saturated carbocycles. The van der Waals surface area contributed by atoms with Gasteiger partial charge in [0, 0.05) is 0 Å². The number of rotatable bonds is 6. The number of para-hydroxylation sites is 6. The van der Waals surface area contributed by atoms with Gasteiger partial charge in [-0.3, -0.25) is 0 Å². The average molecular weight is 1070 g/mol. The molecular formula is C76H46N2Se. The molecule has 14 aromatic carbocycles. The fourth-order valence-electron chi connectivity index (χ4n) is 13.8. The quantitative estimate of drug-likeness (QED) is 0.116. The van der Waals surface area contributed by atoms with E-state index in [1.165, 1.54) is 151 Å². The molecule has 0 atom stereocenters. The van der Waals surface area contributed by atoms with Crippen LogP contribution in [0.3, 0.4) is 0 Å². The molecule has 0 fully saturated rings. The predicted molar refractivity (Wildman–Crippen MR) is 339 cm³/mol. The summed E-state index contributed by atoms with van der Waals surface area (Å²) in [6.45, 7) is 0. The number of nitrogens with zero attached hydrogens (tertiary/aromatic N) is 2. The molecule has 0 spiro atoms. The van der Waals surface area contributed by atoms with Crippen LogP contribution in [0.2, 0.25) is 0 Å². The van der Waals surface area contributed by atoms with Gasteiger partial charge < -0.3 is 0 Å². The maximum atomic E-state index is 2.48. The topological polar surface area (TPSA) is 9.86 Å². The van der Waals surface area contributed by atoms with Gasteiger partial charge in [0.25, 0.3) is 0 Å². The summed E-state index contributed by atoms with van der Waals surface area (Å²) in [5, 5.41) is 17.8. The first-order valence-electron chi connectivity index (χ1n) is 27.3. The molecule has 79 heavy (non-hydrogen) atoms. The Bertz CT molecular complexity index is 5250. The summed E-state index contributed by atoms with van der Waals surface area (Å²) in [5.41, 5.74) is 17.4. The van der Waals surface area contributed by atoms with E-state index in [2.05, 4.69) is 288 Å². The Morgan fingerprint density at radius 1 is 0.215 bits per heavy atom. The van der Waals surface area contributed by atoms with Crippen molar-refractivity contribution in [3.63, 3.8) is 0 Å². The van der Waals surface area contributed by atoms with Gasteiger partial charge in [-0.25, -0.2) is 0 Å². The van der Waals surface area contributed by atoms with Crippen LogP contribution in [-0.2, 0) is 0 Å². The third-order valence-electron chi connectivity index (χ3n) is 16.9. The molecule has 0 bridgehead atoms. The van der Waals surface area contributed by atoms with E-state index >= 15 is 0 Å². The van der Waals surface area contributed by atoms with Crippen LogP contribution in [0.1, 0.15) is 0 Å². The zero-order chi connectivity index (χ0) is 51.7. The van der Waals surface area contributed by atoms with Crippen molar-refractivity contribution < 1.29 is 0 Å². The van der Waals surface area contributed by atoms with Crippen molar-refractivity contribution in [3.8, 4) is 55.9 Å². The molecule has 3 heteroatoms. The van der Waals surface area contributed by atoms with Gasteiger partial charge in [0.1, 0.15) is 0 Å². The number of aromatic nitrogens is 2. The van der Waals surface area contributed by atoms with Crippen molar-refractivity contribution in [2.75, 3.05) is 0 Å². The molecule has 0 N–H and O–H groups in total. The molecule has 0 unspecified atom stereocenters. The van der Waals surface area contributed by atoms with E-state index in [-0.39, 0.29) is 14.5 Å². The van der Waals surface area contributed by atoms with Crippen molar-refractivity contribution in [2.45, 2.75) is 0 Å². The van der Waals surface area contributed by atoms with E-state index in [0.29, 0.717) is 0 Å². The second kappa shape index (κ2) is 17.4. The van der Waals surface area contributed by atoms with Gasteiger partial charge in [-0.05, 0) is 0 Å². The molecule has 0 aliphatic heterocycles. The minimum absolute atomic E-state index is 0.0341. The Labute approximate surface area is 461 Å². The summed E-state index contributed by atoms with van der Waals surface area (Å²) in [7, 11) is 0. The van der Waals surface area contributed by atoms with Crippen LogP contribution < -0.4 is 0 Å². The van der Waals surface area contributed by atoms with E-state index in [9.17, 15) is 0 Å². The Kier molecular flexibility index (Phi) is 9.76. The second-order valence-electron chi connectivity index (χ2n) is 20.9. The summed E-state index contributed by atoms with van der Waals surface area (Å²) < 4.78 is 7.82. The number of benzene rings is 14. The van der Waals surface area contributed by atoms with Crippen molar-refractivity contribution >= 4 is 120 Å². The molecule has 0 aliphatic rings. The molecule has 2 nitrogen and oxygen atoms in total. The van der Waals surface area contributed by atoms with Gasteiger partial charge in [0.2, 0.25) is 0 Å². The molecule has 0 saturated heterocycles. The Morgan fingerprint density at radius 3 is 0.949 bits per heavy atom. The summed E-state index contributed by atoms with van der Waals surface area (Å²) >= 11 is 0.0341. The van der Waals surface area contributed by atoms with E-state index in [4.69, 9.17) is 0 Å². The van der Waals surface area contributed by atoms with E-state index in [1.807, 2.05) is 0 Å². The zero-order valence-electron chi connectivity index (χ0n) is 42.9. The maximum absolute atomic E-state index is 2.48. The monoisotopic (exact) mass is 1070 g/mol. The van der Waals surface area contributed by atoms with E-state index < -0.39 is 0 Å². The summed E-state index contributed by atoms with van der Waals surface area (Å²) in [4.78, 5) is 0. The van der Waals surface area contributed by atoms with Gasteiger partial charge in [-0.1, -0.05) is 36.4 Å². The fourth-order valence-corrected chi connectivity index (χ4v) is 16.4. The summed E-state index contributed by atoms with van der Waals surface area (Å²) in [6.07, 6.45) is 0. The van der Waals surface area contributed by atoms with Gasteiger partial charge in [0.15, 0.2) is 0 Å². The number of hydrogen-bond acceptors (Lipinski definition) is 0. The minimum atomic E-state index is 0.0341. The SMILES string of the molecule is c1ccc(-n2c3ccccc3c3cccc(-c4c5ccccc5c(-c5cccc6c5[se]c5cccc(-c7c8ccccc8c(-c8cccc9c%10ccccc%10n(-c%10ccccc%10)c89)c8ccccc78)c56)c5ccccc45)c32)cc1. The van der Waals surface area contributed by atoms with Crippen LogP contribution in [-0.4, -0.2) is 23.6 Å². The normalized spacial score (nSPS) is 12.1. The standard InChI is InChI=1S/C76H46N2Se/c1-3-23-47(24-4-1)77-66-44-17-15-27-49(66)59-37-19-40-62(74(59)77)70-53-31-9-7-29-51(53)69(52-30-8-10-32-54(52)70)61-39-22-46-68-73(61)65-43-21-42-64(76(65)79-68)72-57-35-13-11-33-55(57)71(56-34-12-14-36-58(56)72)63-41-20-38-60-50-28-16-18-45-67(50)78(75(60)63)48-25-5-2-6-26-48/h1-46H. The van der Waals surface area contributed by atoms with Gasteiger partial charge in [-0.2, -0.15) is 0 Å². The predicted octanol–water partition coefficient (Wildman–Crippen LogP) is 20.5. The number of hydrogen-bond donors (Lipinski definition) is 0. The van der Waals surface area contributed by atoms with Crippen molar-refractivity contribution in [2.24, 2.45) is 0 Å². The molecule has 0 amide bonds. The second-order valence-corrected chi connectivity index (χ2v) is 23.1. The zero-order valence-corrected chi connectivity index (χ0v) is 44.6. The molecule has 17 aromatic rings. The molecule has 366 valence electrons. The summed E-state index contributed by atoms with van der Waals surface area (Å²) in [6, 6.07) is 104. The van der Waals surface area contributed by atoms with Gasteiger partial charge >= 0.3 is 428 Å². The van der Waals surface area contributed by atoms with Crippen LogP contribution in [0.25, 0.3) is 162 Å². The third kappa shape index (κ3) is 6.40. The van der Waals surface area contributed by atoms with Crippen LogP contribution in [0.15, 0.2) is 279 Å². The molecule has 3 aromatic heterocycles. The molecule has 17 rings (SSSR count). The number of fused-ring (bicyclic) bond motifs is 13. The Hall–Kier alpha value is -9.76. The fraction of sp³-hybridized carbons (Fsp3) is 0. The third-order valence-corrected chi connectivity index (χ3v) is 19.4. The van der Waals surface area contributed by atoms with Crippen LogP contribution in [0, 0.1) is 0 Å². The van der Waals surface area contributed by atoms with E-state index in [1.54, 1.807) is 0 Å². The van der Waals surface area contributed by atoms with Crippen molar-refractivity contribution in [3.05, 3.63) is 279 Å². The average Bonchev–Trinajstić information content (AvgIpc) is 4.38. The van der Waals surface area contributed by atoms with Crippen LogP contribution in [0.5, 0.6) is 0 Å².